The number of benzene rings is 1. The molecule has 2 rings (SSSR count). The molecule has 1 aliphatic heterocycles. The van der Waals surface area contributed by atoms with Crippen LogP contribution in [-0.2, 0) is 0 Å². The van der Waals surface area contributed by atoms with Gasteiger partial charge in [-0.25, -0.2) is 0 Å². The number of para-hydroxylation sites is 1. The quantitative estimate of drug-likeness (QED) is 0.824. The number of hydrogen-bond acceptors (Lipinski definition) is 4. The Hall–Kier alpha value is -2.04. The van der Waals surface area contributed by atoms with E-state index in [0.29, 0.717) is 12.0 Å². The molecular formula is C13H14N4. The lowest BCUT2D eigenvalue weighted by atomic mass is 10.1. The van der Waals surface area contributed by atoms with E-state index >= 15 is 0 Å². The molecule has 1 atom stereocenters. The highest BCUT2D eigenvalue weighted by molar-refractivity contribution is 5.59. The maximum Gasteiger partial charge on any atom is 0.101 e. The van der Waals surface area contributed by atoms with Crippen molar-refractivity contribution in [3.63, 3.8) is 0 Å². The van der Waals surface area contributed by atoms with Crippen LogP contribution in [0, 0.1) is 22.7 Å². The number of anilines is 1. The SMILES string of the molecule is N#CCC1CN(c2ccccc2C#N)CCN1. The van der Waals surface area contributed by atoms with Gasteiger partial charge in [0.2, 0.25) is 0 Å². The van der Waals surface area contributed by atoms with Gasteiger partial charge in [-0.15, -0.1) is 0 Å². The van der Waals surface area contributed by atoms with Gasteiger partial charge in [0, 0.05) is 25.7 Å². The second-order valence-corrected chi connectivity index (χ2v) is 4.09. The lowest BCUT2D eigenvalue weighted by Crippen LogP contribution is -2.50. The van der Waals surface area contributed by atoms with Crippen LogP contribution in [0.1, 0.15) is 12.0 Å². The van der Waals surface area contributed by atoms with Crippen LogP contribution in [0.2, 0.25) is 0 Å². The van der Waals surface area contributed by atoms with Gasteiger partial charge >= 0.3 is 0 Å². The van der Waals surface area contributed by atoms with Crippen molar-refractivity contribution in [3.8, 4) is 12.1 Å². The summed E-state index contributed by atoms with van der Waals surface area (Å²) in [5, 5.41) is 21.1. The normalized spacial score (nSPS) is 19.4. The molecule has 0 spiro atoms. The summed E-state index contributed by atoms with van der Waals surface area (Å²) in [4.78, 5) is 2.18. The molecule has 0 aliphatic carbocycles. The summed E-state index contributed by atoms with van der Waals surface area (Å²) in [7, 11) is 0. The lowest BCUT2D eigenvalue weighted by Gasteiger charge is -2.34. The average Bonchev–Trinajstić information content (AvgIpc) is 2.39. The van der Waals surface area contributed by atoms with Gasteiger partial charge in [-0.05, 0) is 12.1 Å². The maximum atomic E-state index is 9.07. The lowest BCUT2D eigenvalue weighted by molar-refractivity contribution is 0.462. The third kappa shape index (κ3) is 2.55. The predicted octanol–water partition coefficient (Wildman–Crippen LogP) is 1.25. The summed E-state index contributed by atoms with van der Waals surface area (Å²) in [5.41, 5.74) is 1.67. The highest BCUT2D eigenvalue weighted by Crippen LogP contribution is 2.21. The van der Waals surface area contributed by atoms with Gasteiger partial charge in [0.1, 0.15) is 6.07 Å². The second kappa shape index (κ2) is 5.34. The first kappa shape index (κ1) is 11.4. The van der Waals surface area contributed by atoms with Crippen molar-refractivity contribution in [3.05, 3.63) is 29.8 Å². The van der Waals surface area contributed by atoms with Crippen LogP contribution in [0.15, 0.2) is 24.3 Å². The van der Waals surface area contributed by atoms with Crippen molar-refractivity contribution in [2.24, 2.45) is 0 Å². The summed E-state index contributed by atoms with van der Waals surface area (Å²) in [6.07, 6.45) is 0.505. The summed E-state index contributed by atoms with van der Waals surface area (Å²) in [6.45, 7) is 2.51. The van der Waals surface area contributed by atoms with Crippen LogP contribution >= 0.6 is 0 Å². The Bertz CT molecular complexity index is 469. The van der Waals surface area contributed by atoms with Gasteiger partial charge < -0.3 is 10.2 Å². The number of nitrogens with zero attached hydrogens (tertiary/aromatic N) is 3. The molecule has 4 heteroatoms. The van der Waals surface area contributed by atoms with Crippen LogP contribution in [0.5, 0.6) is 0 Å². The fourth-order valence-electron chi connectivity index (χ4n) is 2.14. The largest absolute Gasteiger partial charge is 0.368 e. The van der Waals surface area contributed by atoms with E-state index in [-0.39, 0.29) is 6.04 Å². The van der Waals surface area contributed by atoms with E-state index in [0.717, 1.165) is 25.3 Å². The topological polar surface area (TPSA) is 62.9 Å². The van der Waals surface area contributed by atoms with E-state index in [9.17, 15) is 0 Å². The van der Waals surface area contributed by atoms with Gasteiger partial charge in [-0.2, -0.15) is 10.5 Å². The summed E-state index contributed by atoms with van der Waals surface area (Å²) in [6, 6.07) is 12.2. The average molecular weight is 226 g/mol. The Balaban J connectivity index is 2.17. The fourth-order valence-corrected chi connectivity index (χ4v) is 2.14. The molecule has 17 heavy (non-hydrogen) atoms. The summed E-state index contributed by atoms with van der Waals surface area (Å²) >= 11 is 0. The Morgan fingerprint density at radius 1 is 1.35 bits per heavy atom. The summed E-state index contributed by atoms with van der Waals surface area (Å²) in [5.74, 6) is 0. The standard InChI is InChI=1S/C13H14N4/c14-6-5-12-10-17(8-7-16-12)13-4-2-1-3-11(13)9-15/h1-4,12,16H,5,7-8,10H2. The van der Waals surface area contributed by atoms with Gasteiger partial charge in [0.25, 0.3) is 0 Å². The monoisotopic (exact) mass is 226 g/mol. The molecule has 4 nitrogen and oxygen atoms in total. The molecule has 1 aromatic rings. The number of nitriles is 2. The first-order valence-corrected chi connectivity index (χ1v) is 5.69. The third-order valence-electron chi connectivity index (χ3n) is 2.96. The number of nitrogens with one attached hydrogen (secondary N) is 1. The van der Waals surface area contributed by atoms with E-state index in [4.69, 9.17) is 10.5 Å². The third-order valence-corrected chi connectivity index (χ3v) is 2.96. The molecule has 1 heterocycles. The second-order valence-electron chi connectivity index (χ2n) is 4.09. The number of piperazine rings is 1. The van der Waals surface area contributed by atoms with Crippen LogP contribution in [-0.4, -0.2) is 25.7 Å². The minimum atomic E-state index is 0.195. The Morgan fingerprint density at radius 3 is 2.94 bits per heavy atom. The van der Waals surface area contributed by atoms with Crippen LogP contribution in [0.25, 0.3) is 0 Å². The number of rotatable bonds is 2. The zero-order chi connectivity index (χ0) is 12.1. The van der Waals surface area contributed by atoms with Crippen LogP contribution < -0.4 is 10.2 Å². The van der Waals surface area contributed by atoms with Crippen molar-refractivity contribution in [2.45, 2.75) is 12.5 Å². The minimum Gasteiger partial charge on any atom is -0.368 e. The molecule has 0 amide bonds. The highest BCUT2D eigenvalue weighted by Gasteiger charge is 2.20. The van der Waals surface area contributed by atoms with Crippen molar-refractivity contribution in [1.29, 1.82) is 10.5 Å². The smallest absolute Gasteiger partial charge is 0.101 e. The Labute approximate surface area is 101 Å². The van der Waals surface area contributed by atoms with E-state index in [1.165, 1.54) is 0 Å². The van der Waals surface area contributed by atoms with Crippen LogP contribution in [0.4, 0.5) is 5.69 Å². The van der Waals surface area contributed by atoms with Gasteiger partial charge in [-0.1, -0.05) is 12.1 Å². The maximum absolute atomic E-state index is 9.07. The molecule has 1 aromatic carbocycles. The van der Waals surface area contributed by atoms with E-state index in [1.54, 1.807) is 0 Å². The van der Waals surface area contributed by atoms with E-state index < -0.39 is 0 Å². The Kier molecular flexibility index (Phi) is 3.59. The first-order chi connectivity index (χ1) is 8.35. The van der Waals surface area contributed by atoms with E-state index in [1.807, 2.05) is 24.3 Å². The van der Waals surface area contributed by atoms with Crippen molar-refractivity contribution >= 4 is 5.69 Å². The first-order valence-electron chi connectivity index (χ1n) is 5.69. The van der Waals surface area contributed by atoms with Crippen molar-refractivity contribution in [2.75, 3.05) is 24.5 Å². The van der Waals surface area contributed by atoms with Crippen LogP contribution in [0.3, 0.4) is 0 Å². The molecule has 1 saturated heterocycles. The fraction of sp³-hybridized carbons (Fsp3) is 0.385. The van der Waals surface area contributed by atoms with Crippen molar-refractivity contribution < 1.29 is 0 Å². The molecule has 0 saturated carbocycles. The van der Waals surface area contributed by atoms with E-state index in [2.05, 4.69) is 22.4 Å². The summed E-state index contributed by atoms with van der Waals surface area (Å²) < 4.78 is 0. The molecule has 0 radical (unpaired) electrons. The number of hydrogen-bond donors (Lipinski definition) is 1. The molecule has 0 aromatic heterocycles. The molecule has 1 fully saturated rings. The zero-order valence-electron chi connectivity index (χ0n) is 9.56. The molecule has 1 N–H and O–H groups in total. The highest BCUT2D eigenvalue weighted by atomic mass is 15.2. The Morgan fingerprint density at radius 2 is 2.18 bits per heavy atom. The van der Waals surface area contributed by atoms with Crippen molar-refractivity contribution in [1.82, 2.24) is 5.32 Å². The van der Waals surface area contributed by atoms with Gasteiger partial charge in [0.15, 0.2) is 0 Å². The molecule has 1 aliphatic rings. The molecular weight excluding hydrogens is 212 g/mol. The molecule has 0 bridgehead atoms. The van der Waals surface area contributed by atoms with Gasteiger partial charge in [0.05, 0.1) is 23.7 Å². The predicted molar refractivity (Wildman–Crippen MR) is 65.4 cm³/mol. The minimum absolute atomic E-state index is 0.195. The van der Waals surface area contributed by atoms with Gasteiger partial charge in [-0.3, -0.25) is 0 Å². The molecule has 1 unspecified atom stereocenters. The molecule has 86 valence electrons. The zero-order valence-corrected chi connectivity index (χ0v) is 9.56.